The predicted molar refractivity (Wildman–Crippen MR) is 75.2 cm³/mol. The SMILES string of the molecule is CCNC(C)(CCOc1cc(F)ccc1F)C(=O)OCC. The summed E-state index contributed by atoms with van der Waals surface area (Å²) in [5.74, 6) is -1.78. The van der Waals surface area contributed by atoms with Gasteiger partial charge in [-0.3, -0.25) is 4.79 Å². The minimum atomic E-state index is -0.922. The first kappa shape index (κ1) is 17.4. The standard InChI is InChI=1S/C15H21F2NO3/c1-4-18-15(3,14(19)20-5-2)8-9-21-13-10-11(16)6-7-12(13)17/h6-7,10,18H,4-5,8-9H2,1-3H3. The highest BCUT2D eigenvalue weighted by molar-refractivity contribution is 5.80. The van der Waals surface area contributed by atoms with E-state index in [0.29, 0.717) is 6.54 Å². The van der Waals surface area contributed by atoms with Crippen LogP contribution >= 0.6 is 0 Å². The lowest BCUT2D eigenvalue weighted by Crippen LogP contribution is -2.51. The van der Waals surface area contributed by atoms with Gasteiger partial charge < -0.3 is 14.8 Å². The Morgan fingerprint density at radius 3 is 2.67 bits per heavy atom. The largest absolute Gasteiger partial charge is 0.490 e. The molecular weight excluding hydrogens is 280 g/mol. The maximum absolute atomic E-state index is 13.4. The van der Waals surface area contributed by atoms with Crippen molar-refractivity contribution in [2.24, 2.45) is 0 Å². The predicted octanol–water partition coefficient (Wildman–Crippen LogP) is 2.67. The summed E-state index contributed by atoms with van der Waals surface area (Å²) in [6, 6.07) is 2.99. The molecule has 0 heterocycles. The molecule has 0 amide bonds. The number of ether oxygens (including phenoxy) is 2. The van der Waals surface area contributed by atoms with Gasteiger partial charge in [0.15, 0.2) is 11.6 Å². The Morgan fingerprint density at radius 2 is 2.05 bits per heavy atom. The van der Waals surface area contributed by atoms with E-state index in [4.69, 9.17) is 9.47 Å². The van der Waals surface area contributed by atoms with Crippen LogP contribution in [-0.4, -0.2) is 31.3 Å². The summed E-state index contributed by atoms with van der Waals surface area (Å²) in [7, 11) is 0. The van der Waals surface area contributed by atoms with Crippen molar-refractivity contribution in [2.45, 2.75) is 32.7 Å². The van der Waals surface area contributed by atoms with Crippen molar-refractivity contribution in [1.82, 2.24) is 5.32 Å². The summed E-state index contributed by atoms with van der Waals surface area (Å²) < 4.78 is 36.7. The third-order valence-corrected chi connectivity index (χ3v) is 3.05. The van der Waals surface area contributed by atoms with Gasteiger partial charge in [-0.25, -0.2) is 8.78 Å². The normalized spacial score (nSPS) is 13.6. The lowest BCUT2D eigenvalue weighted by Gasteiger charge is -2.28. The monoisotopic (exact) mass is 301 g/mol. The van der Waals surface area contributed by atoms with Crippen molar-refractivity contribution in [3.8, 4) is 5.75 Å². The zero-order chi connectivity index (χ0) is 15.9. The van der Waals surface area contributed by atoms with Gasteiger partial charge in [0, 0.05) is 12.5 Å². The van der Waals surface area contributed by atoms with E-state index in [2.05, 4.69) is 5.32 Å². The van der Waals surface area contributed by atoms with Crippen molar-refractivity contribution in [3.63, 3.8) is 0 Å². The second kappa shape index (κ2) is 7.93. The summed E-state index contributed by atoms with van der Waals surface area (Å²) in [6.07, 6.45) is 0.273. The smallest absolute Gasteiger partial charge is 0.326 e. The Balaban J connectivity index is 2.65. The van der Waals surface area contributed by atoms with Crippen LogP contribution in [0.15, 0.2) is 18.2 Å². The van der Waals surface area contributed by atoms with Gasteiger partial charge in [-0.1, -0.05) is 6.92 Å². The Bertz CT molecular complexity index is 482. The highest BCUT2D eigenvalue weighted by Gasteiger charge is 2.33. The van der Waals surface area contributed by atoms with Gasteiger partial charge in [0.25, 0.3) is 0 Å². The van der Waals surface area contributed by atoms with Crippen LogP contribution in [0.3, 0.4) is 0 Å². The zero-order valence-electron chi connectivity index (χ0n) is 12.5. The molecule has 0 spiro atoms. The van der Waals surface area contributed by atoms with E-state index in [9.17, 15) is 13.6 Å². The zero-order valence-corrected chi connectivity index (χ0v) is 12.5. The summed E-state index contributed by atoms with van der Waals surface area (Å²) in [4.78, 5) is 11.9. The topological polar surface area (TPSA) is 47.6 Å². The molecule has 0 saturated carbocycles. The van der Waals surface area contributed by atoms with Crippen LogP contribution in [0.2, 0.25) is 0 Å². The fourth-order valence-corrected chi connectivity index (χ4v) is 1.90. The third kappa shape index (κ3) is 4.97. The lowest BCUT2D eigenvalue weighted by molar-refractivity contribution is -0.151. The maximum Gasteiger partial charge on any atom is 0.326 e. The van der Waals surface area contributed by atoms with E-state index in [1.165, 1.54) is 0 Å². The van der Waals surface area contributed by atoms with Crippen molar-refractivity contribution in [1.29, 1.82) is 0 Å². The molecule has 1 atom stereocenters. The molecule has 1 unspecified atom stereocenters. The molecule has 1 rings (SSSR count). The minimum Gasteiger partial charge on any atom is -0.490 e. The van der Waals surface area contributed by atoms with E-state index in [1.807, 2.05) is 6.92 Å². The Morgan fingerprint density at radius 1 is 1.33 bits per heavy atom. The highest BCUT2D eigenvalue weighted by Crippen LogP contribution is 2.20. The van der Waals surface area contributed by atoms with Crippen LogP contribution in [0, 0.1) is 11.6 Å². The molecule has 1 aromatic rings. The van der Waals surface area contributed by atoms with Crippen LogP contribution < -0.4 is 10.1 Å². The first-order valence-electron chi connectivity index (χ1n) is 6.93. The lowest BCUT2D eigenvalue weighted by atomic mass is 9.98. The first-order chi connectivity index (χ1) is 9.92. The number of likely N-dealkylation sites (N-methyl/N-ethyl adjacent to an activating group) is 1. The molecule has 21 heavy (non-hydrogen) atoms. The molecule has 0 aliphatic carbocycles. The van der Waals surface area contributed by atoms with Crippen molar-refractivity contribution >= 4 is 5.97 Å². The number of halogens is 2. The molecule has 0 radical (unpaired) electrons. The molecule has 1 N–H and O–H groups in total. The Hall–Kier alpha value is -1.69. The molecular formula is C15H21F2NO3. The fraction of sp³-hybridized carbons (Fsp3) is 0.533. The average Bonchev–Trinajstić information content (AvgIpc) is 2.43. The number of carbonyl (C=O) groups excluding carboxylic acids is 1. The summed E-state index contributed by atoms with van der Waals surface area (Å²) in [5.41, 5.74) is -0.922. The fourth-order valence-electron chi connectivity index (χ4n) is 1.90. The van der Waals surface area contributed by atoms with Crippen LogP contribution in [-0.2, 0) is 9.53 Å². The van der Waals surface area contributed by atoms with E-state index >= 15 is 0 Å². The summed E-state index contributed by atoms with van der Waals surface area (Å²) in [5, 5.41) is 3.03. The Kier molecular flexibility index (Phi) is 6.55. The van der Waals surface area contributed by atoms with Gasteiger partial charge in [-0.05, 0) is 32.5 Å². The van der Waals surface area contributed by atoms with Crippen molar-refractivity contribution in [2.75, 3.05) is 19.8 Å². The summed E-state index contributed by atoms with van der Waals surface area (Å²) in [6.45, 7) is 6.19. The van der Waals surface area contributed by atoms with Gasteiger partial charge in [0.05, 0.1) is 13.2 Å². The number of esters is 1. The summed E-state index contributed by atoms with van der Waals surface area (Å²) >= 11 is 0. The Labute approximate surface area is 123 Å². The van der Waals surface area contributed by atoms with Gasteiger partial charge in [0.1, 0.15) is 11.4 Å². The molecule has 0 aromatic heterocycles. The number of benzene rings is 1. The van der Waals surface area contributed by atoms with Crippen LogP contribution in [0.5, 0.6) is 5.75 Å². The molecule has 0 aliphatic rings. The molecule has 0 saturated heterocycles. The van der Waals surface area contributed by atoms with Crippen LogP contribution in [0.4, 0.5) is 8.78 Å². The number of hydrogen-bond acceptors (Lipinski definition) is 4. The average molecular weight is 301 g/mol. The molecule has 4 nitrogen and oxygen atoms in total. The molecule has 1 aromatic carbocycles. The van der Waals surface area contributed by atoms with Crippen molar-refractivity contribution < 1.29 is 23.0 Å². The van der Waals surface area contributed by atoms with E-state index in [-0.39, 0.29) is 25.4 Å². The molecule has 0 aliphatic heterocycles. The third-order valence-electron chi connectivity index (χ3n) is 3.05. The van der Waals surface area contributed by atoms with E-state index < -0.39 is 23.1 Å². The first-order valence-corrected chi connectivity index (χ1v) is 6.93. The minimum absolute atomic E-state index is 0.0582. The van der Waals surface area contributed by atoms with Gasteiger partial charge in [-0.2, -0.15) is 0 Å². The maximum atomic E-state index is 13.4. The number of nitrogens with one attached hydrogen (secondary N) is 1. The molecule has 0 bridgehead atoms. The quantitative estimate of drug-likeness (QED) is 0.750. The van der Waals surface area contributed by atoms with Crippen LogP contribution in [0.25, 0.3) is 0 Å². The second-order valence-corrected chi connectivity index (χ2v) is 4.76. The van der Waals surface area contributed by atoms with Crippen LogP contribution in [0.1, 0.15) is 27.2 Å². The number of hydrogen-bond donors (Lipinski definition) is 1. The number of carbonyl (C=O) groups is 1. The van der Waals surface area contributed by atoms with Crippen molar-refractivity contribution in [3.05, 3.63) is 29.8 Å². The molecule has 6 heteroatoms. The second-order valence-electron chi connectivity index (χ2n) is 4.76. The highest BCUT2D eigenvalue weighted by atomic mass is 19.1. The number of rotatable bonds is 8. The van der Waals surface area contributed by atoms with Gasteiger partial charge in [-0.15, -0.1) is 0 Å². The van der Waals surface area contributed by atoms with E-state index in [1.54, 1.807) is 13.8 Å². The van der Waals surface area contributed by atoms with Gasteiger partial charge in [0.2, 0.25) is 0 Å². The van der Waals surface area contributed by atoms with E-state index in [0.717, 1.165) is 18.2 Å². The van der Waals surface area contributed by atoms with Gasteiger partial charge >= 0.3 is 5.97 Å². The molecule has 118 valence electrons. The molecule has 0 fully saturated rings.